The molecule has 0 aliphatic rings. The van der Waals surface area contributed by atoms with Crippen LogP contribution in [0.25, 0.3) is 0 Å². The molecule has 0 aliphatic heterocycles. The maximum atomic E-state index is 10.2. The molecule has 0 saturated heterocycles. The van der Waals surface area contributed by atoms with E-state index in [9.17, 15) is 9.59 Å². The highest BCUT2D eigenvalue weighted by molar-refractivity contribution is 5.73. The van der Waals surface area contributed by atoms with Gasteiger partial charge in [0, 0.05) is 6.92 Å². The second-order valence-corrected chi connectivity index (χ2v) is 1.66. The van der Waals surface area contributed by atoms with Crippen molar-refractivity contribution in [3.63, 3.8) is 0 Å². The molecule has 0 aromatic carbocycles. The Morgan fingerprint density at radius 2 is 2.30 bits per heavy atom. The summed E-state index contributed by atoms with van der Waals surface area (Å²) in [6.45, 7) is 2.89. The molecular weight excluding hydrogens is 132 g/mol. The van der Waals surface area contributed by atoms with Crippen molar-refractivity contribution in [2.24, 2.45) is 0 Å². The normalized spacial score (nSPS) is 10.6. The number of hydrogen-bond acceptors (Lipinski definition) is 3. The molecule has 0 aliphatic carbocycles. The fourth-order valence-corrected chi connectivity index (χ4v) is 0.430. The third-order valence-electron chi connectivity index (χ3n) is 0.688. The number of esters is 1. The predicted molar refractivity (Wildman–Crippen MR) is 35.1 cm³/mol. The maximum absolute atomic E-state index is 10.2. The molecule has 3 nitrogen and oxygen atoms in total. The van der Waals surface area contributed by atoms with Crippen LogP contribution in [0.1, 0.15) is 13.8 Å². The van der Waals surface area contributed by atoms with Gasteiger partial charge in [0.15, 0.2) is 12.4 Å². The minimum absolute atomic E-state index is 0.396. The summed E-state index contributed by atoms with van der Waals surface area (Å²) in [6, 6.07) is 0. The number of aldehydes is 1. The first kappa shape index (κ1) is 8.70. The van der Waals surface area contributed by atoms with Crippen LogP contribution < -0.4 is 0 Å². The third kappa shape index (κ3) is 4.85. The van der Waals surface area contributed by atoms with Crippen molar-refractivity contribution in [2.75, 3.05) is 0 Å². The summed E-state index contributed by atoms with van der Waals surface area (Å²) >= 11 is 0. The van der Waals surface area contributed by atoms with Crippen molar-refractivity contribution in [3.05, 3.63) is 0 Å². The standard InChI is InChI=1S/C7H8O3/c1-6(4-3-5-8)10-7(2)9/h5-6H,1-2H3/t6-/m0/s1. The number of rotatable bonds is 1. The molecule has 0 N–H and O–H groups in total. The molecule has 0 amide bonds. The van der Waals surface area contributed by atoms with E-state index in [4.69, 9.17) is 0 Å². The lowest BCUT2D eigenvalue weighted by atomic mass is 10.4. The van der Waals surface area contributed by atoms with Crippen LogP contribution in [0.15, 0.2) is 0 Å². The Labute approximate surface area is 59.4 Å². The molecule has 0 spiro atoms. The Bertz CT molecular complexity index is 185. The van der Waals surface area contributed by atoms with E-state index in [1.165, 1.54) is 6.92 Å². The van der Waals surface area contributed by atoms with Gasteiger partial charge in [-0.05, 0) is 12.8 Å². The van der Waals surface area contributed by atoms with Gasteiger partial charge in [0.2, 0.25) is 0 Å². The Morgan fingerprint density at radius 3 is 2.70 bits per heavy atom. The fourth-order valence-electron chi connectivity index (χ4n) is 0.430. The van der Waals surface area contributed by atoms with Crippen LogP contribution in [0.5, 0.6) is 0 Å². The van der Waals surface area contributed by atoms with E-state index in [1.807, 2.05) is 0 Å². The molecule has 0 aromatic heterocycles. The minimum Gasteiger partial charge on any atom is -0.450 e. The minimum atomic E-state index is -0.498. The van der Waals surface area contributed by atoms with E-state index in [1.54, 1.807) is 6.92 Å². The van der Waals surface area contributed by atoms with Crippen LogP contribution in [0, 0.1) is 11.8 Å². The van der Waals surface area contributed by atoms with Gasteiger partial charge in [0.05, 0.1) is 0 Å². The maximum Gasteiger partial charge on any atom is 0.303 e. The van der Waals surface area contributed by atoms with E-state index in [-0.39, 0.29) is 0 Å². The van der Waals surface area contributed by atoms with Crippen molar-refractivity contribution in [1.29, 1.82) is 0 Å². The molecule has 0 radical (unpaired) electrons. The summed E-state index contributed by atoms with van der Waals surface area (Å²) in [6.07, 6.45) is -0.0392. The van der Waals surface area contributed by atoms with Crippen LogP contribution in [0.4, 0.5) is 0 Å². The van der Waals surface area contributed by atoms with Crippen LogP contribution in [0.3, 0.4) is 0 Å². The van der Waals surface area contributed by atoms with Crippen molar-refractivity contribution < 1.29 is 14.3 Å². The molecule has 3 heteroatoms. The molecule has 0 saturated carbocycles. The average molecular weight is 140 g/mol. The van der Waals surface area contributed by atoms with Crippen LogP contribution in [-0.2, 0) is 14.3 Å². The Balaban J connectivity index is 3.73. The summed E-state index contributed by atoms with van der Waals surface area (Å²) in [5.74, 6) is 4.15. The first-order chi connectivity index (χ1) is 4.66. The van der Waals surface area contributed by atoms with Gasteiger partial charge in [-0.2, -0.15) is 0 Å². The molecule has 0 heterocycles. The molecule has 0 rings (SSSR count). The van der Waals surface area contributed by atoms with E-state index in [0.29, 0.717) is 6.29 Å². The largest absolute Gasteiger partial charge is 0.450 e. The highest BCUT2D eigenvalue weighted by atomic mass is 16.5. The lowest BCUT2D eigenvalue weighted by Gasteiger charge is -2.01. The average Bonchev–Trinajstić information content (AvgIpc) is 1.82. The molecule has 10 heavy (non-hydrogen) atoms. The second kappa shape index (κ2) is 4.57. The summed E-state index contributed by atoms with van der Waals surface area (Å²) in [7, 11) is 0. The smallest absolute Gasteiger partial charge is 0.303 e. The zero-order chi connectivity index (χ0) is 7.98. The molecule has 1 atom stereocenters. The zero-order valence-electron chi connectivity index (χ0n) is 5.88. The van der Waals surface area contributed by atoms with Gasteiger partial charge in [-0.1, -0.05) is 5.92 Å². The van der Waals surface area contributed by atoms with E-state index < -0.39 is 12.1 Å². The molecule has 0 unspecified atom stereocenters. The molecule has 54 valence electrons. The lowest BCUT2D eigenvalue weighted by Crippen LogP contribution is -2.09. The van der Waals surface area contributed by atoms with Crippen LogP contribution in [-0.4, -0.2) is 18.4 Å². The van der Waals surface area contributed by atoms with Gasteiger partial charge in [0.25, 0.3) is 0 Å². The third-order valence-corrected chi connectivity index (χ3v) is 0.688. The molecular formula is C7H8O3. The second-order valence-electron chi connectivity index (χ2n) is 1.66. The van der Waals surface area contributed by atoms with Crippen LogP contribution >= 0.6 is 0 Å². The number of carbonyl (C=O) groups is 2. The monoisotopic (exact) mass is 140 g/mol. The molecule has 0 aromatic rings. The first-order valence-corrected chi connectivity index (χ1v) is 2.78. The number of ether oxygens (including phenoxy) is 1. The van der Waals surface area contributed by atoms with Gasteiger partial charge in [0.1, 0.15) is 0 Å². The summed E-state index contributed by atoms with van der Waals surface area (Å²) in [5.41, 5.74) is 0. The Kier molecular flexibility index (Phi) is 3.97. The fraction of sp³-hybridized carbons (Fsp3) is 0.429. The highest BCUT2D eigenvalue weighted by Crippen LogP contribution is 1.86. The van der Waals surface area contributed by atoms with Crippen molar-refractivity contribution in [1.82, 2.24) is 0 Å². The van der Waals surface area contributed by atoms with Gasteiger partial charge < -0.3 is 4.74 Å². The highest BCUT2D eigenvalue weighted by Gasteiger charge is 1.98. The van der Waals surface area contributed by atoms with Crippen molar-refractivity contribution in [3.8, 4) is 11.8 Å². The van der Waals surface area contributed by atoms with E-state index >= 15 is 0 Å². The summed E-state index contributed by atoms with van der Waals surface area (Å²) < 4.78 is 4.58. The topological polar surface area (TPSA) is 43.4 Å². The van der Waals surface area contributed by atoms with E-state index in [0.717, 1.165) is 0 Å². The molecule has 0 bridgehead atoms. The summed E-state index contributed by atoms with van der Waals surface area (Å²) in [4.78, 5) is 19.9. The zero-order valence-corrected chi connectivity index (χ0v) is 5.88. The van der Waals surface area contributed by atoms with Gasteiger partial charge in [-0.15, -0.1) is 0 Å². The van der Waals surface area contributed by atoms with Gasteiger partial charge in [-0.25, -0.2) is 0 Å². The van der Waals surface area contributed by atoms with Crippen LogP contribution in [0.2, 0.25) is 0 Å². The predicted octanol–water partition coefficient (Wildman–Crippen LogP) is 0.140. The Hall–Kier alpha value is -1.30. The van der Waals surface area contributed by atoms with E-state index in [2.05, 4.69) is 16.6 Å². The van der Waals surface area contributed by atoms with Crippen molar-refractivity contribution in [2.45, 2.75) is 20.0 Å². The quantitative estimate of drug-likeness (QED) is 0.295. The van der Waals surface area contributed by atoms with Gasteiger partial charge in [-0.3, -0.25) is 9.59 Å². The summed E-state index contributed by atoms with van der Waals surface area (Å²) in [5, 5.41) is 0. The number of hydrogen-bond donors (Lipinski definition) is 0. The lowest BCUT2D eigenvalue weighted by molar-refractivity contribution is -0.143. The molecule has 0 fully saturated rings. The Morgan fingerprint density at radius 1 is 1.70 bits per heavy atom. The van der Waals surface area contributed by atoms with Gasteiger partial charge >= 0.3 is 5.97 Å². The van der Waals surface area contributed by atoms with Crippen molar-refractivity contribution >= 4 is 12.3 Å². The first-order valence-electron chi connectivity index (χ1n) is 2.78. The SMILES string of the molecule is CC(=O)O[C@@H](C)C#CC=O. The number of carbonyl (C=O) groups excluding carboxylic acids is 2.